The molecule has 1 aromatic rings. The summed E-state index contributed by atoms with van der Waals surface area (Å²) < 4.78 is 24.5. The van der Waals surface area contributed by atoms with Crippen LogP contribution in [0.25, 0.3) is 0 Å². The molecule has 1 heterocycles. The number of carbonyl (C=O) groups excluding carboxylic acids is 1. The van der Waals surface area contributed by atoms with Gasteiger partial charge >= 0.3 is 0 Å². The summed E-state index contributed by atoms with van der Waals surface area (Å²) in [5.41, 5.74) is 0.504. The van der Waals surface area contributed by atoms with Crippen LogP contribution in [-0.2, 0) is 10.0 Å². The van der Waals surface area contributed by atoms with Crippen LogP contribution in [0.4, 0.5) is 5.13 Å². The summed E-state index contributed by atoms with van der Waals surface area (Å²) in [6.07, 6.45) is 1.04. The minimum absolute atomic E-state index is 0.0118. The smallest absolute Gasteiger partial charge is 0.263 e. The third kappa shape index (κ3) is 5.56. The van der Waals surface area contributed by atoms with Crippen LogP contribution in [-0.4, -0.2) is 32.1 Å². The number of aryl methyl sites for hydroxylation is 1. The molecular weight excluding hydrogens is 286 g/mol. The first-order chi connectivity index (χ1) is 8.48. The molecule has 0 fully saturated rings. The molecule has 0 unspecified atom stereocenters. The zero-order valence-electron chi connectivity index (χ0n) is 11.7. The molecule has 0 aliphatic rings. The molecule has 0 radical (unpaired) electrons. The molecule has 0 aromatic carbocycles. The average Bonchev–Trinajstić information content (AvgIpc) is 2.52. The molecule has 0 aliphatic heterocycles. The number of hydrogen-bond donors (Lipinski definition) is 2. The fourth-order valence-electron chi connectivity index (χ4n) is 1.24. The van der Waals surface area contributed by atoms with Crippen LogP contribution >= 0.6 is 11.3 Å². The SMILES string of the molecule is Cc1nc(NS(C)(=O)=O)sc1C(=O)NCC(C)(C)C. The molecule has 0 saturated heterocycles. The lowest BCUT2D eigenvalue weighted by atomic mass is 9.97. The van der Waals surface area contributed by atoms with Crippen LogP contribution in [0.2, 0.25) is 0 Å². The maximum atomic E-state index is 12.0. The number of nitrogens with one attached hydrogen (secondary N) is 2. The van der Waals surface area contributed by atoms with E-state index in [0.29, 0.717) is 17.1 Å². The van der Waals surface area contributed by atoms with Gasteiger partial charge < -0.3 is 5.32 Å². The first kappa shape index (κ1) is 15.9. The molecule has 1 amide bonds. The van der Waals surface area contributed by atoms with Crippen LogP contribution in [0.1, 0.15) is 36.1 Å². The largest absolute Gasteiger partial charge is 0.351 e. The quantitative estimate of drug-likeness (QED) is 0.884. The monoisotopic (exact) mass is 305 g/mol. The molecule has 0 atom stereocenters. The first-order valence-corrected chi connectivity index (χ1v) is 8.42. The normalized spacial score (nSPS) is 12.3. The summed E-state index contributed by atoms with van der Waals surface area (Å²) in [5, 5.41) is 3.02. The summed E-state index contributed by atoms with van der Waals surface area (Å²) in [7, 11) is -3.38. The van der Waals surface area contributed by atoms with E-state index < -0.39 is 10.0 Å². The average molecular weight is 305 g/mol. The van der Waals surface area contributed by atoms with Gasteiger partial charge in [-0.05, 0) is 12.3 Å². The number of thiazole rings is 1. The molecule has 1 rings (SSSR count). The fraction of sp³-hybridized carbons (Fsp3) is 0.636. The topological polar surface area (TPSA) is 88.2 Å². The highest BCUT2D eigenvalue weighted by Gasteiger charge is 2.19. The Kier molecular flexibility index (Phi) is 4.57. The maximum absolute atomic E-state index is 12.0. The molecule has 0 saturated carbocycles. The van der Waals surface area contributed by atoms with Crippen molar-refractivity contribution in [1.29, 1.82) is 0 Å². The number of aromatic nitrogens is 1. The van der Waals surface area contributed by atoms with Gasteiger partial charge in [-0.25, -0.2) is 13.4 Å². The zero-order valence-corrected chi connectivity index (χ0v) is 13.3. The summed E-state index contributed by atoms with van der Waals surface area (Å²) in [4.78, 5) is 16.4. The van der Waals surface area contributed by atoms with Crippen molar-refractivity contribution in [2.24, 2.45) is 5.41 Å². The van der Waals surface area contributed by atoms with Crippen LogP contribution < -0.4 is 10.0 Å². The van der Waals surface area contributed by atoms with E-state index in [-0.39, 0.29) is 16.5 Å². The Morgan fingerprint density at radius 2 is 1.95 bits per heavy atom. The van der Waals surface area contributed by atoms with Crippen molar-refractivity contribution in [2.75, 3.05) is 17.5 Å². The van der Waals surface area contributed by atoms with Gasteiger partial charge in [-0.2, -0.15) is 0 Å². The Morgan fingerprint density at radius 3 is 2.42 bits per heavy atom. The molecule has 0 spiro atoms. The lowest BCUT2D eigenvalue weighted by Gasteiger charge is -2.18. The minimum Gasteiger partial charge on any atom is -0.351 e. The van der Waals surface area contributed by atoms with Gasteiger partial charge in [-0.1, -0.05) is 32.1 Å². The Morgan fingerprint density at radius 1 is 1.37 bits per heavy atom. The van der Waals surface area contributed by atoms with Gasteiger partial charge in [0.25, 0.3) is 5.91 Å². The highest BCUT2D eigenvalue weighted by Crippen LogP contribution is 2.23. The van der Waals surface area contributed by atoms with Crippen molar-refractivity contribution < 1.29 is 13.2 Å². The lowest BCUT2D eigenvalue weighted by molar-refractivity contribution is 0.0942. The number of sulfonamides is 1. The maximum Gasteiger partial charge on any atom is 0.263 e. The number of anilines is 1. The first-order valence-electron chi connectivity index (χ1n) is 5.71. The van der Waals surface area contributed by atoms with Gasteiger partial charge in [0.15, 0.2) is 5.13 Å². The van der Waals surface area contributed by atoms with Gasteiger partial charge in [0, 0.05) is 6.54 Å². The predicted octanol–water partition coefficient (Wildman–Crippen LogP) is 1.60. The fourth-order valence-corrected chi connectivity index (χ4v) is 2.95. The molecule has 0 aliphatic carbocycles. The number of carbonyl (C=O) groups is 1. The third-order valence-corrected chi connectivity index (χ3v) is 3.82. The molecule has 8 heteroatoms. The predicted molar refractivity (Wildman–Crippen MR) is 77.1 cm³/mol. The van der Waals surface area contributed by atoms with Gasteiger partial charge in [0.2, 0.25) is 10.0 Å². The van der Waals surface area contributed by atoms with Crippen molar-refractivity contribution in [3.05, 3.63) is 10.6 Å². The van der Waals surface area contributed by atoms with Gasteiger partial charge in [-0.3, -0.25) is 9.52 Å². The second-order valence-electron chi connectivity index (χ2n) is 5.55. The van der Waals surface area contributed by atoms with E-state index in [1.807, 2.05) is 20.8 Å². The number of nitrogens with zero attached hydrogens (tertiary/aromatic N) is 1. The van der Waals surface area contributed by atoms with Gasteiger partial charge in [-0.15, -0.1) is 0 Å². The molecular formula is C11H19N3O3S2. The zero-order chi connectivity index (χ0) is 14.8. The Bertz CT molecular complexity index is 570. The van der Waals surface area contributed by atoms with E-state index in [1.165, 1.54) is 0 Å². The van der Waals surface area contributed by atoms with E-state index in [9.17, 15) is 13.2 Å². The minimum atomic E-state index is -3.38. The second-order valence-corrected chi connectivity index (χ2v) is 8.30. The molecule has 6 nitrogen and oxygen atoms in total. The highest BCUT2D eigenvalue weighted by atomic mass is 32.2. The molecule has 0 bridgehead atoms. The second kappa shape index (κ2) is 5.46. The van der Waals surface area contributed by atoms with Gasteiger partial charge in [0.05, 0.1) is 11.9 Å². The summed E-state index contributed by atoms with van der Waals surface area (Å²) in [6, 6.07) is 0. The van der Waals surface area contributed by atoms with Crippen molar-refractivity contribution in [3.8, 4) is 0 Å². The third-order valence-electron chi connectivity index (χ3n) is 2.05. The van der Waals surface area contributed by atoms with Crippen LogP contribution in [0.5, 0.6) is 0 Å². The molecule has 1 aromatic heterocycles. The molecule has 19 heavy (non-hydrogen) atoms. The molecule has 2 N–H and O–H groups in total. The van der Waals surface area contributed by atoms with Crippen LogP contribution in [0.3, 0.4) is 0 Å². The Labute approximate surface area is 117 Å². The lowest BCUT2D eigenvalue weighted by Crippen LogP contribution is -2.32. The summed E-state index contributed by atoms with van der Waals surface area (Å²) >= 11 is 1.03. The van der Waals surface area contributed by atoms with Crippen molar-refractivity contribution >= 4 is 32.4 Å². The Hall–Kier alpha value is -1.15. The van der Waals surface area contributed by atoms with Gasteiger partial charge in [0.1, 0.15) is 4.88 Å². The number of hydrogen-bond acceptors (Lipinski definition) is 5. The van der Waals surface area contributed by atoms with E-state index in [2.05, 4.69) is 15.0 Å². The van der Waals surface area contributed by atoms with Crippen molar-refractivity contribution in [1.82, 2.24) is 10.3 Å². The number of amides is 1. The van der Waals surface area contributed by atoms with Crippen molar-refractivity contribution in [2.45, 2.75) is 27.7 Å². The molecule has 108 valence electrons. The highest BCUT2D eigenvalue weighted by molar-refractivity contribution is 7.92. The standard InChI is InChI=1S/C11H19N3O3S2/c1-7-8(9(15)12-6-11(2,3)4)18-10(13-7)14-19(5,16)17/h6H2,1-5H3,(H,12,15)(H,13,14). The Balaban J connectivity index is 2.82. The van der Waals surface area contributed by atoms with E-state index in [0.717, 1.165) is 17.6 Å². The van der Waals surface area contributed by atoms with E-state index in [1.54, 1.807) is 6.92 Å². The number of rotatable bonds is 4. The van der Waals surface area contributed by atoms with Crippen molar-refractivity contribution in [3.63, 3.8) is 0 Å². The van der Waals surface area contributed by atoms with E-state index in [4.69, 9.17) is 0 Å². The van der Waals surface area contributed by atoms with Crippen LogP contribution in [0, 0.1) is 12.3 Å². The summed E-state index contributed by atoms with van der Waals surface area (Å²) in [6.45, 7) is 8.27. The van der Waals surface area contributed by atoms with Crippen LogP contribution in [0.15, 0.2) is 0 Å². The van der Waals surface area contributed by atoms with E-state index >= 15 is 0 Å². The summed E-state index contributed by atoms with van der Waals surface area (Å²) in [5.74, 6) is -0.230.